The zero-order chi connectivity index (χ0) is 16.4. The van der Waals surface area contributed by atoms with Crippen LogP contribution in [-0.2, 0) is 23.1 Å². The van der Waals surface area contributed by atoms with Crippen LogP contribution in [0.2, 0.25) is 0 Å². The van der Waals surface area contributed by atoms with E-state index in [0.29, 0.717) is 25.9 Å². The van der Waals surface area contributed by atoms with Crippen molar-refractivity contribution in [3.63, 3.8) is 0 Å². The Balaban J connectivity index is 2.06. The molecule has 2 rings (SSSR count). The molecule has 122 valence electrons. The molecular weight excluding hydrogens is 280 g/mol. The maximum Gasteiger partial charge on any atom is 0.243 e. The van der Waals surface area contributed by atoms with Gasteiger partial charge in [0, 0.05) is 32.3 Å². The fourth-order valence-corrected chi connectivity index (χ4v) is 3.18. The van der Waals surface area contributed by atoms with Crippen molar-refractivity contribution in [2.24, 2.45) is 13.0 Å². The lowest BCUT2D eigenvalue weighted by molar-refractivity contribution is -0.145. The summed E-state index contributed by atoms with van der Waals surface area (Å²) in [6.07, 6.45) is 1.09. The Hall–Kier alpha value is -1.85. The van der Waals surface area contributed by atoms with Crippen molar-refractivity contribution < 1.29 is 9.59 Å². The highest BCUT2D eigenvalue weighted by molar-refractivity contribution is 5.89. The Labute approximate surface area is 131 Å². The van der Waals surface area contributed by atoms with Crippen LogP contribution in [0.25, 0.3) is 0 Å². The molecule has 0 aliphatic carbocycles. The van der Waals surface area contributed by atoms with E-state index in [0.717, 1.165) is 17.0 Å². The van der Waals surface area contributed by atoms with Gasteiger partial charge in [0.05, 0.1) is 5.69 Å². The van der Waals surface area contributed by atoms with Gasteiger partial charge < -0.3 is 10.2 Å². The molecule has 0 unspecified atom stereocenters. The zero-order valence-electron chi connectivity index (χ0n) is 14.1. The maximum atomic E-state index is 12.6. The van der Waals surface area contributed by atoms with E-state index in [-0.39, 0.29) is 23.8 Å². The van der Waals surface area contributed by atoms with E-state index in [1.54, 1.807) is 4.90 Å². The summed E-state index contributed by atoms with van der Waals surface area (Å²) in [5.41, 5.74) is 3.21. The summed E-state index contributed by atoms with van der Waals surface area (Å²) in [5, 5.41) is 7.23. The molecule has 1 fully saturated rings. The second-order valence-corrected chi connectivity index (χ2v) is 6.34. The van der Waals surface area contributed by atoms with Crippen LogP contribution < -0.4 is 5.32 Å². The fourth-order valence-electron chi connectivity index (χ4n) is 3.18. The van der Waals surface area contributed by atoms with Gasteiger partial charge in [0.2, 0.25) is 11.8 Å². The number of nitrogens with one attached hydrogen (secondary N) is 1. The van der Waals surface area contributed by atoms with E-state index in [4.69, 9.17) is 0 Å². The van der Waals surface area contributed by atoms with E-state index in [1.807, 2.05) is 39.4 Å². The van der Waals surface area contributed by atoms with Gasteiger partial charge in [-0.25, -0.2) is 0 Å². The third-order valence-electron chi connectivity index (χ3n) is 4.46. The molecule has 22 heavy (non-hydrogen) atoms. The van der Waals surface area contributed by atoms with Gasteiger partial charge in [0.1, 0.15) is 6.04 Å². The zero-order valence-corrected chi connectivity index (χ0v) is 14.1. The van der Waals surface area contributed by atoms with Crippen LogP contribution in [0.4, 0.5) is 0 Å². The number of aromatic nitrogens is 2. The highest BCUT2D eigenvalue weighted by atomic mass is 16.2. The van der Waals surface area contributed by atoms with Crippen molar-refractivity contribution in [1.29, 1.82) is 0 Å². The molecule has 2 amide bonds. The van der Waals surface area contributed by atoms with Crippen molar-refractivity contribution in [2.45, 2.75) is 46.6 Å². The third-order valence-corrected chi connectivity index (χ3v) is 4.46. The van der Waals surface area contributed by atoms with Gasteiger partial charge in [-0.1, -0.05) is 13.8 Å². The Kier molecular flexibility index (Phi) is 4.88. The van der Waals surface area contributed by atoms with Crippen LogP contribution in [-0.4, -0.2) is 45.6 Å². The lowest BCUT2D eigenvalue weighted by Gasteiger charge is -2.37. The lowest BCUT2D eigenvalue weighted by Crippen LogP contribution is -2.59. The molecule has 6 heteroatoms. The summed E-state index contributed by atoms with van der Waals surface area (Å²) >= 11 is 0. The summed E-state index contributed by atoms with van der Waals surface area (Å²) < 4.78 is 1.85. The minimum Gasteiger partial charge on any atom is -0.353 e. The van der Waals surface area contributed by atoms with Crippen LogP contribution in [0, 0.1) is 19.8 Å². The topological polar surface area (TPSA) is 67.2 Å². The molecule has 0 bridgehead atoms. The number of hydrogen-bond acceptors (Lipinski definition) is 3. The van der Waals surface area contributed by atoms with E-state index in [1.165, 1.54) is 0 Å². The second kappa shape index (κ2) is 6.50. The highest BCUT2D eigenvalue weighted by Gasteiger charge is 2.34. The van der Waals surface area contributed by atoms with E-state index < -0.39 is 0 Å². The average Bonchev–Trinajstić information content (AvgIpc) is 2.69. The van der Waals surface area contributed by atoms with Crippen molar-refractivity contribution in [1.82, 2.24) is 20.0 Å². The van der Waals surface area contributed by atoms with E-state index in [2.05, 4.69) is 10.4 Å². The van der Waals surface area contributed by atoms with Crippen LogP contribution in [0.1, 0.15) is 37.2 Å². The Morgan fingerprint density at radius 3 is 2.64 bits per heavy atom. The largest absolute Gasteiger partial charge is 0.353 e. The van der Waals surface area contributed by atoms with Crippen molar-refractivity contribution in [3.8, 4) is 0 Å². The molecule has 1 atom stereocenters. The van der Waals surface area contributed by atoms with Gasteiger partial charge in [-0.2, -0.15) is 5.10 Å². The number of aryl methyl sites for hydroxylation is 2. The molecule has 1 aromatic heterocycles. The van der Waals surface area contributed by atoms with Crippen molar-refractivity contribution >= 4 is 11.8 Å². The molecule has 0 aromatic carbocycles. The summed E-state index contributed by atoms with van der Waals surface area (Å²) in [6, 6.07) is -0.350. The number of rotatable bonds is 4. The van der Waals surface area contributed by atoms with Crippen LogP contribution in [0.5, 0.6) is 0 Å². The SMILES string of the molecule is Cc1nn(C)c(C)c1CCC(=O)N1CCNC(=O)[C@@H]1C(C)C. The number of carbonyl (C=O) groups excluding carboxylic acids is 2. The minimum absolute atomic E-state index is 0.0386. The Morgan fingerprint density at radius 2 is 2.09 bits per heavy atom. The Bertz CT molecular complexity index is 577. The van der Waals surface area contributed by atoms with Gasteiger partial charge in [-0.05, 0) is 31.7 Å². The molecule has 0 radical (unpaired) electrons. The van der Waals surface area contributed by atoms with Gasteiger partial charge >= 0.3 is 0 Å². The van der Waals surface area contributed by atoms with E-state index in [9.17, 15) is 9.59 Å². The van der Waals surface area contributed by atoms with Crippen LogP contribution >= 0.6 is 0 Å². The van der Waals surface area contributed by atoms with Crippen LogP contribution in [0.15, 0.2) is 0 Å². The number of amides is 2. The molecule has 1 N–H and O–H groups in total. The van der Waals surface area contributed by atoms with Crippen molar-refractivity contribution in [3.05, 3.63) is 17.0 Å². The standard InChI is InChI=1S/C16H26N4O2/c1-10(2)15-16(22)17-8-9-20(15)14(21)7-6-13-11(3)18-19(5)12(13)4/h10,15H,6-9H2,1-5H3,(H,17,22)/t15-/m0/s1. The first kappa shape index (κ1) is 16.5. The molecule has 1 aliphatic rings. The molecule has 0 saturated carbocycles. The molecule has 1 aromatic rings. The average molecular weight is 306 g/mol. The predicted molar refractivity (Wildman–Crippen MR) is 84.4 cm³/mol. The summed E-state index contributed by atoms with van der Waals surface area (Å²) in [6.45, 7) is 9.08. The molecule has 1 aliphatic heterocycles. The third kappa shape index (κ3) is 3.15. The maximum absolute atomic E-state index is 12.6. The molecule has 6 nitrogen and oxygen atoms in total. The lowest BCUT2D eigenvalue weighted by atomic mass is 9.98. The summed E-state index contributed by atoms with van der Waals surface area (Å²) in [5.74, 6) is 0.130. The Morgan fingerprint density at radius 1 is 1.41 bits per heavy atom. The van der Waals surface area contributed by atoms with Crippen molar-refractivity contribution in [2.75, 3.05) is 13.1 Å². The highest BCUT2D eigenvalue weighted by Crippen LogP contribution is 2.18. The predicted octanol–water partition coefficient (Wildman–Crippen LogP) is 0.953. The van der Waals surface area contributed by atoms with Gasteiger partial charge in [-0.15, -0.1) is 0 Å². The smallest absolute Gasteiger partial charge is 0.243 e. The fraction of sp³-hybridized carbons (Fsp3) is 0.688. The molecule has 1 saturated heterocycles. The number of hydrogen-bond donors (Lipinski definition) is 1. The van der Waals surface area contributed by atoms with Crippen LogP contribution in [0.3, 0.4) is 0 Å². The van der Waals surface area contributed by atoms with E-state index >= 15 is 0 Å². The second-order valence-electron chi connectivity index (χ2n) is 6.34. The summed E-state index contributed by atoms with van der Waals surface area (Å²) in [4.78, 5) is 26.3. The van der Waals surface area contributed by atoms with Gasteiger partial charge in [-0.3, -0.25) is 14.3 Å². The number of carbonyl (C=O) groups is 2. The van der Waals surface area contributed by atoms with Gasteiger partial charge in [0.15, 0.2) is 0 Å². The summed E-state index contributed by atoms with van der Waals surface area (Å²) in [7, 11) is 1.91. The number of nitrogens with zero attached hydrogens (tertiary/aromatic N) is 3. The minimum atomic E-state index is -0.350. The monoisotopic (exact) mass is 306 g/mol. The van der Waals surface area contributed by atoms with Gasteiger partial charge in [0.25, 0.3) is 0 Å². The molecular formula is C16H26N4O2. The quantitative estimate of drug-likeness (QED) is 0.900. The number of piperazine rings is 1. The first-order chi connectivity index (χ1) is 10.3. The molecule has 2 heterocycles. The first-order valence-electron chi connectivity index (χ1n) is 7.89. The normalized spacial score (nSPS) is 18.7. The molecule has 0 spiro atoms. The first-order valence-corrected chi connectivity index (χ1v) is 7.89.